The maximum absolute atomic E-state index is 2.86. The summed E-state index contributed by atoms with van der Waals surface area (Å²) in [7, 11) is 0. The van der Waals surface area contributed by atoms with Gasteiger partial charge in [-0.05, 0) is 224 Å². The summed E-state index contributed by atoms with van der Waals surface area (Å²) in [6, 6.07) is 36.1. The smallest absolute Gasteiger partial charge is 0.264 e. The molecule has 4 saturated carbocycles. The van der Waals surface area contributed by atoms with Gasteiger partial charge in [0, 0.05) is 43.3 Å². The molecule has 4 fully saturated rings. The Kier molecular flexibility index (Phi) is 9.43. The highest BCUT2D eigenvalue weighted by molar-refractivity contribution is 7.33. The van der Waals surface area contributed by atoms with E-state index < -0.39 is 0 Å². The van der Waals surface area contributed by atoms with Crippen LogP contribution < -0.4 is 25.5 Å². The number of thiophene rings is 1. The second-order valence-electron chi connectivity index (χ2n) is 29.0. The first-order chi connectivity index (χ1) is 32.8. The number of fused-ring (bicyclic) bond motifs is 8. The number of rotatable bonds is 3. The molecular formula is C66H79BN2S. The molecule has 6 aliphatic carbocycles. The Morgan fingerprint density at radius 1 is 0.500 bits per heavy atom. The maximum Gasteiger partial charge on any atom is 0.264 e. The molecule has 0 saturated heterocycles. The monoisotopic (exact) mass is 943 g/mol. The van der Waals surface area contributed by atoms with Crippen LogP contribution in [0.3, 0.4) is 0 Å². The lowest BCUT2D eigenvalue weighted by molar-refractivity contribution is -0.00514. The molecule has 14 rings (SSSR count). The van der Waals surface area contributed by atoms with Gasteiger partial charge < -0.3 is 9.80 Å². The van der Waals surface area contributed by atoms with Crippen molar-refractivity contribution in [1.29, 1.82) is 0 Å². The van der Waals surface area contributed by atoms with E-state index in [1.54, 1.807) is 16.7 Å². The van der Waals surface area contributed by atoms with E-state index in [0.717, 1.165) is 17.8 Å². The largest absolute Gasteiger partial charge is 0.311 e. The van der Waals surface area contributed by atoms with Crippen LogP contribution in [0.1, 0.15) is 200 Å². The van der Waals surface area contributed by atoms with Gasteiger partial charge in [0.05, 0.1) is 5.69 Å². The lowest BCUT2D eigenvalue weighted by atomic mass is 9.35. The average molecular weight is 943 g/mol. The van der Waals surface area contributed by atoms with Crippen molar-refractivity contribution < 1.29 is 0 Å². The molecule has 0 atom stereocenters. The van der Waals surface area contributed by atoms with Crippen molar-refractivity contribution in [3.05, 3.63) is 124 Å². The van der Waals surface area contributed by atoms with Gasteiger partial charge in [-0.1, -0.05) is 127 Å². The molecule has 6 aromatic rings. The Balaban J connectivity index is 1.17. The third-order valence-electron chi connectivity index (χ3n) is 20.2. The molecule has 1 aromatic heterocycles. The molecule has 0 radical (unpaired) electrons. The van der Waals surface area contributed by atoms with E-state index in [9.17, 15) is 0 Å². The van der Waals surface area contributed by atoms with Gasteiger partial charge >= 0.3 is 0 Å². The number of nitrogens with zero attached hydrogens (tertiary/aromatic N) is 2. The molecule has 8 aliphatic rings. The SMILES string of the molecule is CC(C)(C)c1ccc(N2c3ccc(C(C)(C)C)cc3B3c4sc5cc6c(cc5c4N(c4ccc5c(c4)C(C)(C)CCC5(C)C)c4cc(C57CC8CC(CC(C8)C5)C7)cc2c43)C(C)(C)CCC6(C)C)cc1. The molecule has 3 heterocycles. The van der Waals surface area contributed by atoms with Crippen LogP contribution in [-0.2, 0) is 37.9 Å². The standard InChI is InChI=1S/C66H79BN2S/c1-60(2,3)42-15-18-45(19-16-42)68-53-22-17-43(61(4,5)6)30-52(53)67-57-54(68)31-44(66-36-39-27-40(37-66)29-41(28-39)38-66)32-55(57)69(46-20-21-48-49(33-46)63(9,10)24-23-62(48,7)8)58-47-34-50-51(35-56(47)70-59(58)67)65(13,14)26-25-64(50,11)12/h15-22,30-35,39-41H,23-29,36-38H2,1-14H3. The van der Waals surface area contributed by atoms with Gasteiger partial charge in [0.1, 0.15) is 0 Å². The Morgan fingerprint density at radius 3 is 1.57 bits per heavy atom. The quantitative estimate of drug-likeness (QED) is 0.163. The van der Waals surface area contributed by atoms with E-state index in [-0.39, 0.29) is 44.6 Å². The van der Waals surface area contributed by atoms with Crippen molar-refractivity contribution in [2.24, 2.45) is 17.8 Å². The number of hydrogen-bond donors (Lipinski definition) is 0. The van der Waals surface area contributed by atoms with Crippen LogP contribution in [-0.4, -0.2) is 6.71 Å². The van der Waals surface area contributed by atoms with Crippen molar-refractivity contribution >= 4 is 78.0 Å². The molecule has 362 valence electrons. The van der Waals surface area contributed by atoms with Gasteiger partial charge in [-0.2, -0.15) is 0 Å². The summed E-state index contributed by atoms with van der Waals surface area (Å²) in [4.78, 5) is 5.59. The normalized spacial score (nSPS) is 26.1. The number of benzene rings is 5. The van der Waals surface area contributed by atoms with E-state index in [2.05, 4.69) is 203 Å². The van der Waals surface area contributed by atoms with Crippen LogP contribution in [0.15, 0.2) is 84.9 Å². The molecule has 2 nitrogen and oxygen atoms in total. The minimum Gasteiger partial charge on any atom is -0.311 e. The van der Waals surface area contributed by atoms with Crippen LogP contribution >= 0.6 is 11.3 Å². The number of hydrogen-bond acceptors (Lipinski definition) is 3. The van der Waals surface area contributed by atoms with Crippen LogP contribution in [0.4, 0.5) is 34.1 Å². The minimum absolute atomic E-state index is 0.00329. The average Bonchev–Trinajstić information content (AvgIpc) is 3.66. The molecule has 4 bridgehead atoms. The van der Waals surface area contributed by atoms with Crippen LogP contribution in [0.2, 0.25) is 0 Å². The molecule has 70 heavy (non-hydrogen) atoms. The molecule has 0 N–H and O–H groups in total. The van der Waals surface area contributed by atoms with Crippen molar-refractivity contribution in [3.63, 3.8) is 0 Å². The summed E-state index contributed by atoms with van der Waals surface area (Å²) < 4.78 is 2.96. The zero-order valence-corrected chi connectivity index (χ0v) is 46.1. The fourth-order valence-corrected chi connectivity index (χ4v) is 17.5. The summed E-state index contributed by atoms with van der Waals surface area (Å²) in [5.74, 6) is 2.58. The van der Waals surface area contributed by atoms with Crippen LogP contribution in [0.25, 0.3) is 10.1 Å². The van der Waals surface area contributed by atoms with E-state index >= 15 is 0 Å². The fraction of sp³-hybridized carbons (Fsp3) is 0.515. The molecule has 2 aliphatic heterocycles. The second-order valence-corrected chi connectivity index (χ2v) is 30.1. The lowest BCUT2D eigenvalue weighted by Crippen LogP contribution is -2.61. The highest BCUT2D eigenvalue weighted by Crippen LogP contribution is 2.62. The van der Waals surface area contributed by atoms with Crippen molar-refractivity contribution in [3.8, 4) is 0 Å². The van der Waals surface area contributed by atoms with Gasteiger partial charge in [-0.3, -0.25) is 0 Å². The van der Waals surface area contributed by atoms with Crippen LogP contribution in [0.5, 0.6) is 0 Å². The highest BCUT2D eigenvalue weighted by Gasteiger charge is 2.54. The first kappa shape index (κ1) is 45.6. The third-order valence-corrected chi connectivity index (χ3v) is 21.4. The Bertz CT molecular complexity index is 3140. The van der Waals surface area contributed by atoms with E-state index in [4.69, 9.17) is 0 Å². The van der Waals surface area contributed by atoms with Gasteiger partial charge in [0.15, 0.2) is 0 Å². The van der Waals surface area contributed by atoms with Gasteiger partial charge in [0.25, 0.3) is 6.71 Å². The first-order valence-electron chi connectivity index (χ1n) is 27.6. The van der Waals surface area contributed by atoms with Gasteiger partial charge in [-0.25, -0.2) is 0 Å². The zero-order valence-electron chi connectivity index (χ0n) is 45.3. The maximum atomic E-state index is 2.86. The minimum atomic E-state index is 0.00329. The molecule has 0 unspecified atom stereocenters. The van der Waals surface area contributed by atoms with E-state index in [1.165, 1.54) is 146 Å². The molecule has 4 heteroatoms. The molecule has 0 amide bonds. The zero-order chi connectivity index (χ0) is 49.0. The Hall–Kier alpha value is -4.28. The van der Waals surface area contributed by atoms with Crippen molar-refractivity contribution in [2.45, 2.75) is 199 Å². The first-order valence-corrected chi connectivity index (χ1v) is 28.4. The molecule has 5 aromatic carbocycles. The fourth-order valence-electron chi connectivity index (χ4n) is 16.2. The van der Waals surface area contributed by atoms with Crippen molar-refractivity contribution in [2.75, 3.05) is 9.80 Å². The third kappa shape index (κ3) is 6.61. The number of anilines is 6. The predicted molar refractivity (Wildman–Crippen MR) is 304 cm³/mol. The van der Waals surface area contributed by atoms with Crippen LogP contribution in [0, 0.1) is 17.8 Å². The molecule has 0 spiro atoms. The summed E-state index contributed by atoms with van der Waals surface area (Å²) in [6.07, 6.45) is 13.2. The molecular weight excluding hydrogens is 864 g/mol. The summed E-state index contributed by atoms with van der Waals surface area (Å²) in [5.41, 5.74) is 22.5. The van der Waals surface area contributed by atoms with E-state index in [1.807, 2.05) is 0 Å². The Labute approximate surface area is 426 Å². The summed E-state index contributed by atoms with van der Waals surface area (Å²) in [6.45, 7) is 34.4. The van der Waals surface area contributed by atoms with Gasteiger partial charge in [0.2, 0.25) is 0 Å². The summed E-state index contributed by atoms with van der Waals surface area (Å²) >= 11 is 2.11. The van der Waals surface area contributed by atoms with Gasteiger partial charge in [-0.15, -0.1) is 11.3 Å². The van der Waals surface area contributed by atoms with E-state index in [0.29, 0.717) is 0 Å². The topological polar surface area (TPSA) is 6.48 Å². The predicted octanol–water partition coefficient (Wildman–Crippen LogP) is 16.7. The second kappa shape index (κ2) is 14.5. The van der Waals surface area contributed by atoms with Crippen molar-refractivity contribution in [1.82, 2.24) is 0 Å². The lowest BCUT2D eigenvalue weighted by Gasteiger charge is -2.57. The highest BCUT2D eigenvalue weighted by atomic mass is 32.1. The Morgan fingerprint density at radius 2 is 1.00 bits per heavy atom. The summed E-state index contributed by atoms with van der Waals surface area (Å²) in [5, 5.41) is 1.45.